The lowest BCUT2D eigenvalue weighted by atomic mass is 9.97. The molecular weight excluding hydrogens is 212 g/mol. The molecule has 1 aliphatic heterocycles. The van der Waals surface area contributed by atoms with E-state index in [0.717, 1.165) is 25.9 Å². The van der Waals surface area contributed by atoms with E-state index in [2.05, 4.69) is 28.8 Å². The first kappa shape index (κ1) is 12.1. The fourth-order valence-electron chi connectivity index (χ4n) is 2.23. The molecule has 0 unspecified atom stereocenters. The van der Waals surface area contributed by atoms with E-state index in [1.54, 1.807) is 0 Å². The van der Waals surface area contributed by atoms with Gasteiger partial charge < -0.3 is 10.6 Å². The van der Waals surface area contributed by atoms with Crippen LogP contribution in [0.3, 0.4) is 0 Å². The average Bonchev–Trinajstić information content (AvgIpc) is 2.36. The van der Waals surface area contributed by atoms with Crippen LogP contribution in [0.4, 0.5) is 0 Å². The van der Waals surface area contributed by atoms with Gasteiger partial charge in [-0.15, -0.1) is 0 Å². The van der Waals surface area contributed by atoms with Gasteiger partial charge in [0.15, 0.2) is 0 Å². The van der Waals surface area contributed by atoms with Crippen molar-refractivity contribution >= 4 is 5.91 Å². The number of amides is 1. The van der Waals surface area contributed by atoms with Crippen LogP contribution in [0.2, 0.25) is 0 Å². The molecule has 1 aliphatic rings. The van der Waals surface area contributed by atoms with Gasteiger partial charge in [-0.2, -0.15) is 0 Å². The van der Waals surface area contributed by atoms with E-state index < -0.39 is 0 Å². The summed E-state index contributed by atoms with van der Waals surface area (Å²) in [7, 11) is 0. The molecule has 0 aromatic heterocycles. The Morgan fingerprint density at radius 2 is 2.29 bits per heavy atom. The van der Waals surface area contributed by atoms with Gasteiger partial charge in [0.25, 0.3) is 0 Å². The van der Waals surface area contributed by atoms with Gasteiger partial charge in [-0.25, -0.2) is 0 Å². The molecule has 0 aliphatic carbocycles. The standard InChI is InChI=1S/C14H20N2O/c1-2-16-14(17)6-4-11-3-5-13-10-15-8-7-12(13)9-11/h3,5,9,15H,2,4,6-8,10H2,1H3,(H,16,17). The first-order chi connectivity index (χ1) is 8.29. The molecule has 17 heavy (non-hydrogen) atoms. The van der Waals surface area contributed by atoms with Crippen molar-refractivity contribution in [1.82, 2.24) is 10.6 Å². The molecule has 0 saturated carbocycles. The lowest BCUT2D eigenvalue weighted by Crippen LogP contribution is -2.24. The molecule has 3 heteroatoms. The fourth-order valence-corrected chi connectivity index (χ4v) is 2.23. The Labute approximate surface area is 103 Å². The molecule has 3 nitrogen and oxygen atoms in total. The van der Waals surface area contributed by atoms with Crippen molar-refractivity contribution in [3.05, 3.63) is 34.9 Å². The van der Waals surface area contributed by atoms with Gasteiger partial charge in [-0.05, 0) is 43.0 Å². The molecule has 0 atom stereocenters. The molecule has 0 saturated heterocycles. The van der Waals surface area contributed by atoms with Gasteiger partial charge in [0.1, 0.15) is 0 Å². The Morgan fingerprint density at radius 1 is 1.41 bits per heavy atom. The topological polar surface area (TPSA) is 41.1 Å². The van der Waals surface area contributed by atoms with Crippen molar-refractivity contribution in [3.63, 3.8) is 0 Å². The number of benzene rings is 1. The Morgan fingerprint density at radius 3 is 3.12 bits per heavy atom. The van der Waals surface area contributed by atoms with E-state index in [1.165, 1.54) is 16.7 Å². The minimum Gasteiger partial charge on any atom is -0.356 e. The minimum atomic E-state index is 0.145. The van der Waals surface area contributed by atoms with Crippen LogP contribution in [-0.2, 0) is 24.2 Å². The highest BCUT2D eigenvalue weighted by Gasteiger charge is 2.09. The molecule has 0 radical (unpaired) electrons. The summed E-state index contributed by atoms with van der Waals surface area (Å²) in [4.78, 5) is 11.4. The van der Waals surface area contributed by atoms with Crippen LogP contribution in [0, 0.1) is 0 Å². The maximum absolute atomic E-state index is 11.4. The maximum atomic E-state index is 11.4. The predicted molar refractivity (Wildman–Crippen MR) is 68.9 cm³/mol. The fraction of sp³-hybridized carbons (Fsp3) is 0.500. The molecule has 92 valence electrons. The molecule has 0 fully saturated rings. The SMILES string of the molecule is CCNC(=O)CCc1ccc2c(c1)CCNC2. The predicted octanol–water partition coefficient (Wildman–Crippen LogP) is 1.40. The number of fused-ring (bicyclic) bond motifs is 1. The first-order valence-corrected chi connectivity index (χ1v) is 6.37. The molecule has 0 bridgehead atoms. The minimum absolute atomic E-state index is 0.145. The Hall–Kier alpha value is -1.35. The number of carbonyl (C=O) groups is 1. The van der Waals surface area contributed by atoms with E-state index in [9.17, 15) is 4.79 Å². The summed E-state index contributed by atoms with van der Waals surface area (Å²) in [5.74, 6) is 0.145. The number of carbonyl (C=O) groups excluding carboxylic acids is 1. The number of rotatable bonds is 4. The summed E-state index contributed by atoms with van der Waals surface area (Å²) in [5, 5.41) is 6.19. The largest absolute Gasteiger partial charge is 0.356 e. The monoisotopic (exact) mass is 232 g/mol. The van der Waals surface area contributed by atoms with E-state index >= 15 is 0 Å². The van der Waals surface area contributed by atoms with Gasteiger partial charge in [0.05, 0.1) is 0 Å². The van der Waals surface area contributed by atoms with Gasteiger partial charge in [-0.3, -0.25) is 4.79 Å². The summed E-state index contributed by atoms with van der Waals surface area (Å²) in [5.41, 5.74) is 4.12. The Bertz CT molecular complexity index is 401. The van der Waals surface area contributed by atoms with Crippen molar-refractivity contribution in [3.8, 4) is 0 Å². The van der Waals surface area contributed by atoms with Gasteiger partial charge in [0, 0.05) is 19.5 Å². The Balaban J connectivity index is 1.95. The highest BCUT2D eigenvalue weighted by molar-refractivity contribution is 5.76. The number of aryl methyl sites for hydroxylation is 1. The second kappa shape index (κ2) is 5.82. The van der Waals surface area contributed by atoms with Crippen LogP contribution in [0.25, 0.3) is 0 Å². The average molecular weight is 232 g/mol. The third kappa shape index (κ3) is 3.30. The molecule has 0 spiro atoms. The van der Waals surface area contributed by atoms with E-state index in [-0.39, 0.29) is 5.91 Å². The molecular formula is C14H20N2O. The van der Waals surface area contributed by atoms with E-state index in [1.807, 2.05) is 6.92 Å². The second-order valence-corrected chi connectivity index (χ2v) is 4.48. The number of hydrogen-bond donors (Lipinski definition) is 2. The molecule has 1 heterocycles. The highest BCUT2D eigenvalue weighted by atomic mass is 16.1. The number of hydrogen-bond acceptors (Lipinski definition) is 2. The lowest BCUT2D eigenvalue weighted by molar-refractivity contribution is -0.120. The van der Waals surface area contributed by atoms with Crippen LogP contribution >= 0.6 is 0 Å². The lowest BCUT2D eigenvalue weighted by Gasteiger charge is -2.17. The van der Waals surface area contributed by atoms with E-state index in [4.69, 9.17) is 0 Å². The summed E-state index contributed by atoms with van der Waals surface area (Å²) in [6.45, 7) is 4.71. The van der Waals surface area contributed by atoms with Crippen molar-refractivity contribution in [1.29, 1.82) is 0 Å². The number of nitrogens with one attached hydrogen (secondary N) is 2. The van der Waals surface area contributed by atoms with Crippen molar-refractivity contribution in [2.45, 2.75) is 32.7 Å². The van der Waals surface area contributed by atoms with Gasteiger partial charge >= 0.3 is 0 Å². The van der Waals surface area contributed by atoms with Crippen LogP contribution in [0.15, 0.2) is 18.2 Å². The van der Waals surface area contributed by atoms with Crippen molar-refractivity contribution in [2.24, 2.45) is 0 Å². The second-order valence-electron chi connectivity index (χ2n) is 4.48. The van der Waals surface area contributed by atoms with Crippen LogP contribution in [0.5, 0.6) is 0 Å². The van der Waals surface area contributed by atoms with Crippen LogP contribution in [0.1, 0.15) is 30.0 Å². The van der Waals surface area contributed by atoms with Gasteiger partial charge in [0.2, 0.25) is 5.91 Å². The third-order valence-corrected chi connectivity index (χ3v) is 3.17. The zero-order valence-corrected chi connectivity index (χ0v) is 10.4. The van der Waals surface area contributed by atoms with Crippen LogP contribution < -0.4 is 10.6 Å². The van der Waals surface area contributed by atoms with Crippen LogP contribution in [-0.4, -0.2) is 19.0 Å². The normalized spacial score (nSPS) is 14.2. The zero-order valence-electron chi connectivity index (χ0n) is 10.4. The zero-order chi connectivity index (χ0) is 12.1. The molecule has 1 amide bonds. The van der Waals surface area contributed by atoms with Crippen molar-refractivity contribution < 1.29 is 4.79 Å². The molecule has 1 aromatic rings. The smallest absolute Gasteiger partial charge is 0.220 e. The summed E-state index contributed by atoms with van der Waals surface area (Å²) < 4.78 is 0. The van der Waals surface area contributed by atoms with Gasteiger partial charge in [-0.1, -0.05) is 18.2 Å². The molecule has 1 aromatic carbocycles. The molecule has 2 N–H and O–H groups in total. The highest BCUT2D eigenvalue weighted by Crippen LogP contribution is 2.16. The van der Waals surface area contributed by atoms with Crippen molar-refractivity contribution in [2.75, 3.05) is 13.1 Å². The molecule has 2 rings (SSSR count). The summed E-state index contributed by atoms with van der Waals surface area (Å²) in [6, 6.07) is 6.59. The third-order valence-electron chi connectivity index (χ3n) is 3.17. The summed E-state index contributed by atoms with van der Waals surface area (Å²) >= 11 is 0. The summed E-state index contributed by atoms with van der Waals surface area (Å²) in [6.07, 6.45) is 2.53. The first-order valence-electron chi connectivity index (χ1n) is 6.37. The Kier molecular flexibility index (Phi) is 4.15. The maximum Gasteiger partial charge on any atom is 0.220 e. The quantitative estimate of drug-likeness (QED) is 0.824. The van der Waals surface area contributed by atoms with E-state index in [0.29, 0.717) is 13.0 Å².